The summed E-state index contributed by atoms with van der Waals surface area (Å²) in [6, 6.07) is 24.3. The maximum Gasteiger partial charge on any atom is 0.273 e. The van der Waals surface area contributed by atoms with E-state index in [4.69, 9.17) is 4.74 Å². The van der Waals surface area contributed by atoms with Gasteiger partial charge in [-0.05, 0) is 85.8 Å². The first-order valence-electron chi connectivity index (χ1n) is 12.1. The molecule has 0 spiro atoms. The number of methoxy groups -OCH3 is 1. The molecule has 0 saturated heterocycles. The van der Waals surface area contributed by atoms with Crippen LogP contribution in [0.2, 0.25) is 0 Å². The predicted molar refractivity (Wildman–Crippen MR) is 149 cm³/mol. The van der Waals surface area contributed by atoms with Gasteiger partial charge in [0.15, 0.2) is 0 Å². The average Bonchev–Trinajstić information content (AvgIpc) is 3.32. The van der Waals surface area contributed by atoms with Gasteiger partial charge in [-0.2, -0.15) is 10.1 Å². The minimum atomic E-state index is -0.329. The summed E-state index contributed by atoms with van der Waals surface area (Å²) in [5, 5.41) is 13.7. The molecule has 2 heterocycles. The first kappa shape index (κ1) is 25.4. The Morgan fingerprint density at radius 3 is 2.18 bits per heavy atom. The Bertz CT molecular complexity index is 1600. The highest BCUT2D eigenvalue weighted by Gasteiger charge is 2.15. The van der Waals surface area contributed by atoms with Gasteiger partial charge >= 0.3 is 0 Å². The molecule has 0 radical (unpaired) electrons. The number of halogens is 1. The van der Waals surface area contributed by atoms with Gasteiger partial charge in [0, 0.05) is 41.4 Å². The zero-order valence-corrected chi connectivity index (χ0v) is 21.6. The SMILES string of the molecule is COc1ccc(Nc2cc(C)nc(Nc3ccc(NC(=O)c4cc(-c5ccc(F)cc5)nn4C)cc3)n2)cc1. The zero-order valence-electron chi connectivity index (χ0n) is 21.6. The number of ether oxygens (including phenoxy) is 1. The number of amides is 1. The number of aryl methyl sites for hydroxylation is 2. The number of nitrogens with one attached hydrogen (secondary N) is 3. The smallest absolute Gasteiger partial charge is 0.273 e. The van der Waals surface area contributed by atoms with E-state index in [1.165, 1.54) is 16.8 Å². The fourth-order valence-corrected chi connectivity index (χ4v) is 3.91. The molecule has 0 atom stereocenters. The molecule has 2 aromatic heterocycles. The van der Waals surface area contributed by atoms with Crippen molar-refractivity contribution in [1.29, 1.82) is 0 Å². The van der Waals surface area contributed by atoms with Crippen molar-refractivity contribution < 1.29 is 13.9 Å². The first-order valence-corrected chi connectivity index (χ1v) is 12.1. The number of benzene rings is 3. The molecule has 5 rings (SSSR count). The molecule has 0 bridgehead atoms. The maximum absolute atomic E-state index is 13.2. The molecule has 1 amide bonds. The molecule has 0 unspecified atom stereocenters. The number of rotatable bonds is 8. The van der Waals surface area contributed by atoms with Crippen molar-refractivity contribution in [2.75, 3.05) is 23.1 Å². The molecule has 0 aliphatic carbocycles. The molecule has 196 valence electrons. The van der Waals surface area contributed by atoms with Crippen molar-refractivity contribution in [2.24, 2.45) is 7.05 Å². The zero-order chi connectivity index (χ0) is 27.4. The van der Waals surface area contributed by atoms with E-state index in [1.807, 2.05) is 49.4 Å². The molecule has 5 aromatic rings. The molecule has 10 heteroatoms. The molecule has 3 N–H and O–H groups in total. The van der Waals surface area contributed by atoms with Crippen LogP contribution >= 0.6 is 0 Å². The van der Waals surface area contributed by atoms with Gasteiger partial charge in [-0.25, -0.2) is 9.37 Å². The van der Waals surface area contributed by atoms with Gasteiger partial charge < -0.3 is 20.7 Å². The number of hydrogen-bond donors (Lipinski definition) is 3. The van der Waals surface area contributed by atoms with E-state index in [9.17, 15) is 9.18 Å². The first-order chi connectivity index (χ1) is 18.9. The number of carbonyl (C=O) groups is 1. The Kier molecular flexibility index (Phi) is 7.17. The Labute approximate surface area is 224 Å². The van der Waals surface area contributed by atoms with Gasteiger partial charge in [0.25, 0.3) is 5.91 Å². The molecular weight excluding hydrogens is 497 g/mol. The molecule has 9 nitrogen and oxygen atoms in total. The van der Waals surface area contributed by atoms with Crippen LogP contribution in [-0.4, -0.2) is 32.8 Å². The Hall–Kier alpha value is -5.25. The van der Waals surface area contributed by atoms with E-state index < -0.39 is 0 Å². The second-order valence-corrected chi connectivity index (χ2v) is 8.77. The van der Waals surface area contributed by atoms with Crippen LogP contribution in [0.1, 0.15) is 16.2 Å². The third kappa shape index (κ3) is 6.19. The summed E-state index contributed by atoms with van der Waals surface area (Å²) in [7, 11) is 3.32. The van der Waals surface area contributed by atoms with Crippen LogP contribution in [0.5, 0.6) is 5.75 Å². The number of aromatic nitrogens is 4. The van der Waals surface area contributed by atoms with Gasteiger partial charge in [0.2, 0.25) is 5.95 Å². The number of nitrogens with zero attached hydrogens (tertiary/aromatic N) is 4. The lowest BCUT2D eigenvalue weighted by Crippen LogP contribution is -2.16. The lowest BCUT2D eigenvalue weighted by Gasteiger charge is -2.11. The molecule has 0 aliphatic rings. The third-order valence-electron chi connectivity index (χ3n) is 5.87. The van der Waals surface area contributed by atoms with Crippen LogP contribution in [0.4, 0.5) is 33.2 Å². The van der Waals surface area contributed by atoms with Crippen LogP contribution in [0.25, 0.3) is 11.3 Å². The average molecular weight is 524 g/mol. The van der Waals surface area contributed by atoms with E-state index in [-0.39, 0.29) is 11.7 Å². The Morgan fingerprint density at radius 2 is 1.49 bits per heavy atom. The van der Waals surface area contributed by atoms with Gasteiger partial charge in [0.05, 0.1) is 12.8 Å². The summed E-state index contributed by atoms with van der Waals surface area (Å²) in [5.74, 6) is 1.22. The lowest BCUT2D eigenvalue weighted by atomic mass is 10.1. The fourth-order valence-electron chi connectivity index (χ4n) is 3.91. The fraction of sp³-hybridized carbons (Fsp3) is 0.103. The third-order valence-corrected chi connectivity index (χ3v) is 5.87. The Balaban J connectivity index is 1.24. The van der Waals surface area contributed by atoms with Gasteiger partial charge in [-0.1, -0.05) is 0 Å². The van der Waals surface area contributed by atoms with E-state index in [1.54, 1.807) is 44.5 Å². The van der Waals surface area contributed by atoms with E-state index in [2.05, 4.69) is 31.0 Å². The van der Waals surface area contributed by atoms with E-state index >= 15 is 0 Å². The summed E-state index contributed by atoms with van der Waals surface area (Å²) >= 11 is 0. The van der Waals surface area contributed by atoms with Gasteiger partial charge in [-0.3, -0.25) is 9.48 Å². The predicted octanol–water partition coefficient (Wildman–Crippen LogP) is 6.07. The minimum absolute atomic E-state index is 0.310. The normalized spacial score (nSPS) is 10.7. The van der Waals surface area contributed by atoms with Crippen molar-refractivity contribution in [3.05, 3.63) is 102 Å². The van der Waals surface area contributed by atoms with E-state index in [0.717, 1.165) is 28.4 Å². The second kappa shape index (κ2) is 11.0. The second-order valence-electron chi connectivity index (χ2n) is 8.77. The molecule has 0 aliphatic heterocycles. The summed E-state index contributed by atoms with van der Waals surface area (Å²) in [6.07, 6.45) is 0. The van der Waals surface area contributed by atoms with Gasteiger partial charge in [0.1, 0.15) is 23.1 Å². The lowest BCUT2D eigenvalue weighted by molar-refractivity contribution is 0.101. The van der Waals surface area contributed by atoms with Crippen LogP contribution in [-0.2, 0) is 7.05 Å². The topological polar surface area (TPSA) is 106 Å². The van der Waals surface area contributed by atoms with Crippen LogP contribution in [0.3, 0.4) is 0 Å². The van der Waals surface area contributed by atoms with Crippen molar-refractivity contribution in [3.8, 4) is 17.0 Å². The standard InChI is InChI=1S/C29H26FN7O2/c1-18-16-27(32-21-12-14-24(39-3)15-13-21)35-29(31-18)34-23-10-8-22(9-11-23)33-28(38)26-17-25(36-37(26)2)19-4-6-20(30)7-5-19/h4-17H,1-3H3,(H,33,38)(H2,31,32,34,35). The van der Waals surface area contributed by atoms with Crippen molar-refractivity contribution >= 4 is 34.7 Å². The molecule has 39 heavy (non-hydrogen) atoms. The quantitative estimate of drug-likeness (QED) is 0.227. The largest absolute Gasteiger partial charge is 0.497 e. The maximum atomic E-state index is 13.2. The van der Waals surface area contributed by atoms with Crippen LogP contribution in [0.15, 0.2) is 84.9 Å². The van der Waals surface area contributed by atoms with Crippen molar-refractivity contribution in [2.45, 2.75) is 6.92 Å². The molecule has 0 saturated carbocycles. The summed E-state index contributed by atoms with van der Waals surface area (Å²) in [4.78, 5) is 21.9. The molecule has 3 aromatic carbocycles. The van der Waals surface area contributed by atoms with Gasteiger partial charge in [-0.15, -0.1) is 0 Å². The number of hydrogen-bond acceptors (Lipinski definition) is 7. The monoisotopic (exact) mass is 523 g/mol. The highest BCUT2D eigenvalue weighted by molar-refractivity contribution is 6.03. The number of anilines is 5. The highest BCUT2D eigenvalue weighted by Crippen LogP contribution is 2.23. The molecular formula is C29H26FN7O2. The highest BCUT2D eigenvalue weighted by atomic mass is 19.1. The molecule has 0 fully saturated rings. The summed E-state index contributed by atoms with van der Waals surface area (Å²) < 4.78 is 19.9. The minimum Gasteiger partial charge on any atom is -0.497 e. The van der Waals surface area contributed by atoms with Crippen molar-refractivity contribution in [3.63, 3.8) is 0 Å². The summed E-state index contributed by atoms with van der Waals surface area (Å²) in [5.41, 5.74) is 4.72. The van der Waals surface area contributed by atoms with Crippen LogP contribution < -0.4 is 20.7 Å². The number of carbonyl (C=O) groups excluding carboxylic acids is 1. The van der Waals surface area contributed by atoms with E-state index in [0.29, 0.717) is 28.8 Å². The Morgan fingerprint density at radius 1 is 0.846 bits per heavy atom. The summed E-state index contributed by atoms with van der Waals surface area (Å²) in [6.45, 7) is 1.89. The van der Waals surface area contributed by atoms with Crippen LogP contribution in [0, 0.1) is 12.7 Å². The van der Waals surface area contributed by atoms with Crippen molar-refractivity contribution in [1.82, 2.24) is 19.7 Å².